The number of nitrogens with zero attached hydrogens (tertiary/aromatic N) is 1. The summed E-state index contributed by atoms with van der Waals surface area (Å²) >= 11 is 0. The van der Waals surface area contributed by atoms with Gasteiger partial charge in [-0.1, -0.05) is 0 Å². The molecule has 0 aliphatic rings. The molecule has 0 radical (unpaired) electrons. The first-order chi connectivity index (χ1) is 6.69. The number of benzene rings is 1. The fourth-order valence-corrected chi connectivity index (χ4v) is 1.11. The second-order valence-corrected chi connectivity index (χ2v) is 2.87. The molecule has 14 heavy (non-hydrogen) atoms. The van der Waals surface area contributed by atoms with Gasteiger partial charge < -0.3 is 14.4 Å². The SMILES string of the molecule is COc1ccc(N(C)CC=O)cc1F. The van der Waals surface area contributed by atoms with Crippen LogP contribution in [0.4, 0.5) is 10.1 Å². The number of rotatable bonds is 4. The molecule has 0 bridgehead atoms. The Labute approximate surface area is 82.1 Å². The summed E-state index contributed by atoms with van der Waals surface area (Å²) in [4.78, 5) is 11.9. The van der Waals surface area contributed by atoms with Crippen molar-refractivity contribution in [1.29, 1.82) is 0 Å². The minimum absolute atomic E-state index is 0.202. The summed E-state index contributed by atoms with van der Waals surface area (Å²) in [7, 11) is 3.13. The first-order valence-corrected chi connectivity index (χ1v) is 4.17. The average molecular weight is 197 g/mol. The first-order valence-electron chi connectivity index (χ1n) is 4.17. The number of carbonyl (C=O) groups is 1. The number of anilines is 1. The zero-order valence-corrected chi connectivity index (χ0v) is 8.16. The maximum absolute atomic E-state index is 13.2. The highest BCUT2D eigenvalue weighted by atomic mass is 19.1. The van der Waals surface area contributed by atoms with Crippen LogP contribution in [0.5, 0.6) is 5.75 Å². The van der Waals surface area contributed by atoms with Crippen LogP contribution in [0, 0.1) is 5.82 Å². The topological polar surface area (TPSA) is 29.5 Å². The molecule has 0 saturated carbocycles. The van der Waals surface area contributed by atoms with Gasteiger partial charge >= 0.3 is 0 Å². The van der Waals surface area contributed by atoms with Crippen molar-refractivity contribution >= 4 is 12.0 Å². The summed E-state index contributed by atoms with van der Waals surface area (Å²) in [6.07, 6.45) is 0.766. The van der Waals surface area contributed by atoms with E-state index in [4.69, 9.17) is 4.74 Å². The second-order valence-electron chi connectivity index (χ2n) is 2.87. The van der Waals surface area contributed by atoms with Crippen molar-refractivity contribution in [2.45, 2.75) is 0 Å². The van der Waals surface area contributed by atoms with Gasteiger partial charge in [-0.05, 0) is 12.1 Å². The number of hydrogen-bond donors (Lipinski definition) is 0. The van der Waals surface area contributed by atoms with Crippen LogP contribution in [0.15, 0.2) is 18.2 Å². The monoisotopic (exact) mass is 197 g/mol. The van der Waals surface area contributed by atoms with E-state index >= 15 is 0 Å². The van der Waals surface area contributed by atoms with Gasteiger partial charge in [0.1, 0.15) is 6.29 Å². The molecule has 0 aliphatic heterocycles. The van der Waals surface area contributed by atoms with Crippen molar-refractivity contribution < 1.29 is 13.9 Å². The summed E-state index contributed by atoms with van der Waals surface area (Å²) in [5.41, 5.74) is 0.649. The standard InChI is InChI=1S/C10H12FNO2/c1-12(5-6-13)8-3-4-10(14-2)9(11)7-8/h3-4,6-7H,5H2,1-2H3. The molecule has 0 fully saturated rings. The summed E-state index contributed by atoms with van der Waals surface area (Å²) in [5.74, 6) is -0.226. The Bertz CT molecular complexity index is 328. The van der Waals surface area contributed by atoms with E-state index in [-0.39, 0.29) is 12.3 Å². The second kappa shape index (κ2) is 4.60. The average Bonchev–Trinajstić information content (AvgIpc) is 2.18. The molecule has 0 heterocycles. The molecule has 1 rings (SSSR count). The van der Waals surface area contributed by atoms with Crippen LogP contribution in [0.2, 0.25) is 0 Å². The van der Waals surface area contributed by atoms with Gasteiger partial charge in [0, 0.05) is 18.8 Å². The van der Waals surface area contributed by atoms with Crippen molar-refractivity contribution in [2.75, 3.05) is 25.6 Å². The maximum atomic E-state index is 13.2. The molecule has 0 spiro atoms. The van der Waals surface area contributed by atoms with E-state index in [1.54, 1.807) is 18.0 Å². The van der Waals surface area contributed by atoms with Crippen LogP contribution in [0.3, 0.4) is 0 Å². The van der Waals surface area contributed by atoms with Crippen LogP contribution in [-0.2, 0) is 4.79 Å². The quantitative estimate of drug-likeness (QED) is 0.684. The molecular weight excluding hydrogens is 185 g/mol. The van der Waals surface area contributed by atoms with Gasteiger partial charge in [-0.15, -0.1) is 0 Å². The molecule has 0 saturated heterocycles. The van der Waals surface area contributed by atoms with E-state index < -0.39 is 5.82 Å². The molecule has 4 heteroatoms. The Morgan fingerprint density at radius 3 is 2.79 bits per heavy atom. The van der Waals surface area contributed by atoms with Crippen LogP contribution < -0.4 is 9.64 Å². The predicted octanol–water partition coefficient (Wildman–Crippen LogP) is 1.47. The van der Waals surface area contributed by atoms with E-state index in [9.17, 15) is 9.18 Å². The third-order valence-electron chi connectivity index (χ3n) is 1.92. The predicted molar refractivity (Wildman–Crippen MR) is 52.3 cm³/mol. The fraction of sp³-hybridized carbons (Fsp3) is 0.300. The molecule has 0 N–H and O–H groups in total. The third-order valence-corrected chi connectivity index (χ3v) is 1.92. The molecule has 3 nitrogen and oxygen atoms in total. The molecule has 1 aromatic carbocycles. The number of ether oxygens (including phenoxy) is 1. The zero-order valence-electron chi connectivity index (χ0n) is 8.16. The van der Waals surface area contributed by atoms with E-state index in [1.165, 1.54) is 19.2 Å². The van der Waals surface area contributed by atoms with Crippen LogP contribution in [-0.4, -0.2) is 27.0 Å². The fourth-order valence-electron chi connectivity index (χ4n) is 1.11. The van der Waals surface area contributed by atoms with Crippen molar-refractivity contribution in [2.24, 2.45) is 0 Å². The molecule has 0 aliphatic carbocycles. The Kier molecular flexibility index (Phi) is 3.45. The van der Waals surface area contributed by atoms with Crippen molar-refractivity contribution in [1.82, 2.24) is 0 Å². The molecule has 0 atom stereocenters. The number of hydrogen-bond acceptors (Lipinski definition) is 3. The van der Waals surface area contributed by atoms with Gasteiger partial charge in [-0.25, -0.2) is 4.39 Å². The molecule has 76 valence electrons. The van der Waals surface area contributed by atoms with Gasteiger partial charge in [0.15, 0.2) is 11.6 Å². The molecule has 0 unspecified atom stereocenters. The summed E-state index contributed by atoms with van der Waals surface area (Å²) in [6.45, 7) is 0.242. The minimum atomic E-state index is -0.428. The lowest BCUT2D eigenvalue weighted by Crippen LogP contribution is -2.19. The Morgan fingerprint density at radius 1 is 1.57 bits per heavy atom. The number of aldehydes is 1. The van der Waals surface area contributed by atoms with E-state index in [2.05, 4.69) is 0 Å². The molecule has 0 amide bonds. The van der Waals surface area contributed by atoms with Gasteiger partial charge in [-0.3, -0.25) is 0 Å². The van der Waals surface area contributed by atoms with Crippen molar-refractivity contribution in [3.63, 3.8) is 0 Å². The number of likely N-dealkylation sites (N-methyl/N-ethyl adjacent to an activating group) is 1. The van der Waals surface area contributed by atoms with E-state index in [0.717, 1.165) is 6.29 Å². The van der Waals surface area contributed by atoms with Gasteiger partial charge in [0.05, 0.1) is 13.7 Å². The lowest BCUT2D eigenvalue weighted by Gasteiger charge is -2.16. The van der Waals surface area contributed by atoms with Crippen LogP contribution in [0.1, 0.15) is 0 Å². The van der Waals surface area contributed by atoms with Crippen LogP contribution in [0.25, 0.3) is 0 Å². The van der Waals surface area contributed by atoms with E-state index in [1.807, 2.05) is 0 Å². The van der Waals surface area contributed by atoms with Gasteiger partial charge in [-0.2, -0.15) is 0 Å². The lowest BCUT2D eigenvalue weighted by molar-refractivity contribution is -0.106. The summed E-state index contributed by atoms with van der Waals surface area (Å²) in [6, 6.07) is 4.57. The highest BCUT2D eigenvalue weighted by molar-refractivity contribution is 5.61. The third kappa shape index (κ3) is 2.22. The van der Waals surface area contributed by atoms with E-state index in [0.29, 0.717) is 5.69 Å². The van der Waals surface area contributed by atoms with Gasteiger partial charge in [0.25, 0.3) is 0 Å². The van der Waals surface area contributed by atoms with Gasteiger partial charge in [0.2, 0.25) is 0 Å². The molecular formula is C10H12FNO2. The zero-order chi connectivity index (χ0) is 10.6. The largest absolute Gasteiger partial charge is 0.494 e. The maximum Gasteiger partial charge on any atom is 0.167 e. The highest BCUT2D eigenvalue weighted by Gasteiger charge is 2.05. The Hall–Kier alpha value is -1.58. The highest BCUT2D eigenvalue weighted by Crippen LogP contribution is 2.22. The molecule has 1 aromatic rings. The first kappa shape index (κ1) is 10.5. The summed E-state index contributed by atoms with van der Waals surface area (Å²) in [5, 5.41) is 0. The smallest absolute Gasteiger partial charge is 0.167 e. The normalized spacial score (nSPS) is 9.64. The van der Waals surface area contributed by atoms with Crippen molar-refractivity contribution in [3.8, 4) is 5.75 Å². The summed E-state index contributed by atoms with van der Waals surface area (Å²) < 4.78 is 18.0. The minimum Gasteiger partial charge on any atom is -0.494 e. The Morgan fingerprint density at radius 2 is 2.29 bits per heavy atom. The molecule has 0 aromatic heterocycles. The number of methoxy groups -OCH3 is 1. The lowest BCUT2D eigenvalue weighted by atomic mass is 10.2. The number of carbonyl (C=O) groups excluding carboxylic acids is 1. The van der Waals surface area contributed by atoms with Crippen molar-refractivity contribution in [3.05, 3.63) is 24.0 Å². The Balaban J connectivity index is 2.90. The number of halogens is 1. The van der Waals surface area contributed by atoms with Crippen LogP contribution >= 0.6 is 0 Å².